The molecule has 7 heteroatoms. The third-order valence-corrected chi connectivity index (χ3v) is 3.54. The van der Waals surface area contributed by atoms with Gasteiger partial charge in [0.05, 0.1) is 7.11 Å². The van der Waals surface area contributed by atoms with Gasteiger partial charge in [-0.05, 0) is 39.0 Å². The molecule has 0 radical (unpaired) electrons. The minimum atomic E-state index is -0.219. The fourth-order valence-electron chi connectivity index (χ4n) is 1.99. The van der Waals surface area contributed by atoms with E-state index in [1.165, 1.54) is 7.11 Å². The van der Waals surface area contributed by atoms with Crippen LogP contribution in [-0.2, 0) is 4.79 Å². The molecule has 0 fully saturated rings. The first-order valence-corrected chi connectivity index (χ1v) is 7.87. The number of carbonyl (C=O) groups is 2. The van der Waals surface area contributed by atoms with Gasteiger partial charge in [0, 0.05) is 31.2 Å². The lowest BCUT2D eigenvalue weighted by Gasteiger charge is -2.24. The first kappa shape index (κ1) is 19.8. The number of rotatable bonds is 8. The molecule has 0 saturated heterocycles. The summed E-state index contributed by atoms with van der Waals surface area (Å²) in [4.78, 5) is 25.6. The van der Waals surface area contributed by atoms with Crippen LogP contribution in [0.2, 0.25) is 0 Å². The number of benzene rings is 1. The van der Waals surface area contributed by atoms with Crippen molar-refractivity contribution in [1.82, 2.24) is 10.2 Å². The van der Waals surface area contributed by atoms with E-state index in [-0.39, 0.29) is 30.5 Å². The van der Waals surface area contributed by atoms with E-state index in [2.05, 4.69) is 5.32 Å². The van der Waals surface area contributed by atoms with Gasteiger partial charge in [-0.15, -0.1) is 0 Å². The van der Waals surface area contributed by atoms with Gasteiger partial charge in [0.15, 0.2) is 18.1 Å². The van der Waals surface area contributed by atoms with Crippen LogP contribution in [0, 0.1) is 0 Å². The highest BCUT2D eigenvalue weighted by Crippen LogP contribution is 2.28. The Kier molecular flexibility index (Phi) is 7.51. The minimum absolute atomic E-state index is 0.0445. The highest BCUT2D eigenvalue weighted by molar-refractivity contribution is 5.95. The van der Waals surface area contributed by atoms with Crippen LogP contribution >= 0.6 is 0 Å². The summed E-state index contributed by atoms with van der Waals surface area (Å²) >= 11 is 0. The SMILES string of the molecule is COc1cc(C(=O)N(C)C(C)CN)ccc1OCC(=O)NC(C)C. The number of hydrogen-bond donors (Lipinski definition) is 2. The van der Waals surface area contributed by atoms with E-state index >= 15 is 0 Å². The molecule has 0 heterocycles. The van der Waals surface area contributed by atoms with Crippen LogP contribution in [0.5, 0.6) is 11.5 Å². The summed E-state index contributed by atoms with van der Waals surface area (Å²) in [6.45, 7) is 5.88. The van der Waals surface area contributed by atoms with Crippen molar-refractivity contribution in [3.63, 3.8) is 0 Å². The van der Waals surface area contributed by atoms with E-state index in [0.29, 0.717) is 23.6 Å². The maximum atomic E-state index is 12.4. The van der Waals surface area contributed by atoms with E-state index in [4.69, 9.17) is 15.2 Å². The summed E-state index contributed by atoms with van der Waals surface area (Å²) in [5.74, 6) is 0.425. The molecule has 0 aliphatic carbocycles. The first-order valence-electron chi connectivity index (χ1n) is 7.87. The van der Waals surface area contributed by atoms with Gasteiger partial charge in [-0.1, -0.05) is 0 Å². The van der Waals surface area contributed by atoms with Crippen LogP contribution in [0.25, 0.3) is 0 Å². The molecule has 134 valence electrons. The maximum absolute atomic E-state index is 12.4. The smallest absolute Gasteiger partial charge is 0.258 e. The summed E-state index contributed by atoms with van der Waals surface area (Å²) in [6.07, 6.45) is 0. The molecule has 1 unspecified atom stereocenters. The Morgan fingerprint density at radius 1 is 1.25 bits per heavy atom. The minimum Gasteiger partial charge on any atom is -0.493 e. The molecule has 2 amide bonds. The van der Waals surface area contributed by atoms with Crippen LogP contribution < -0.4 is 20.5 Å². The molecule has 7 nitrogen and oxygen atoms in total. The zero-order chi connectivity index (χ0) is 18.3. The fraction of sp³-hybridized carbons (Fsp3) is 0.529. The van der Waals surface area contributed by atoms with E-state index in [1.807, 2.05) is 20.8 Å². The Labute approximate surface area is 143 Å². The lowest BCUT2D eigenvalue weighted by Crippen LogP contribution is -2.39. The third-order valence-electron chi connectivity index (χ3n) is 3.54. The number of nitrogens with one attached hydrogen (secondary N) is 1. The number of ether oxygens (including phenoxy) is 2. The zero-order valence-corrected chi connectivity index (χ0v) is 15.0. The van der Waals surface area contributed by atoms with E-state index in [9.17, 15) is 9.59 Å². The second-order valence-electron chi connectivity index (χ2n) is 5.88. The number of nitrogens with zero attached hydrogens (tertiary/aromatic N) is 1. The summed E-state index contributed by atoms with van der Waals surface area (Å²) in [6, 6.07) is 4.83. The summed E-state index contributed by atoms with van der Waals surface area (Å²) in [7, 11) is 3.18. The van der Waals surface area contributed by atoms with Gasteiger partial charge in [-0.2, -0.15) is 0 Å². The molecule has 0 bridgehead atoms. The van der Waals surface area contributed by atoms with Gasteiger partial charge in [0.25, 0.3) is 11.8 Å². The van der Waals surface area contributed by atoms with Gasteiger partial charge >= 0.3 is 0 Å². The monoisotopic (exact) mass is 337 g/mol. The Hall–Kier alpha value is -2.28. The largest absolute Gasteiger partial charge is 0.493 e. The number of carbonyl (C=O) groups excluding carboxylic acids is 2. The average Bonchev–Trinajstić information content (AvgIpc) is 2.57. The fourth-order valence-corrected chi connectivity index (χ4v) is 1.99. The van der Waals surface area contributed by atoms with Crippen molar-refractivity contribution in [3.05, 3.63) is 23.8 Å². The molecule has 1 atom stereocenters. The molecule has 1 rings (SSSR count). The van der Waals surface area contributed by atoms with Crippen LogP contribution in [0.3, 0.4) is 0 Å². The molecule has 3 N–H and O–H groups in total. The van der Waals surface area contributed by atoms with Crippen molar-refractivity contribution < 1.29 is 19.1 Å². The zero-order valence-electron chi connectivity index (χ0n) is 15.0. The first-order chi connectivity index (χ1) is 11.3. The van der Waals surface area contributed by atoms with Crippen molar-refractivity contribution in [2.75, 3.05) is 27.3 Å². The molecule has 1 aromatic carbocycles. The molecule has 0 saturated carbocycles. The predicted molar refractivity (Wildman–Crippen MR) is 92.4 cm³/mol. The Morgan fingerprint density at radius 2 is 1.92 bits per heavy atom. The molecule has 0 aromatic heterocycles. The van der Waals surface area contributed by atoms with Gasteiger partial charge < -0.3 is 25.4 Å². The second kappa shape index (κ2) is 9.12. The van der Waals surface area contributed by atoms with Crippen molar-refractivity contribution in [2.45, 2.75) is 32.9 Å². The molecule has 1 aromatic rings. The predicted octanol–water partition coefficient (Wildman–Crippen LogP) is 1.02. The van der Waals surface area contributed by atoms with E-state index in [0.717, 1.165) is 0 Å². The van der Waals surface area contributed by atoms with Crippen LogP contribution in [0.4, 0.5) is 0 Å². The quantitative estimate of drug-likeness (QED) is 0.738. The maximum Gasteiger partial charge on any atom is 0.258 e. The van der Waals surface area contributed by atoms with Crippen LogP contribution in [0.15, 0.2) is 18.2 Å². The molecular formula is C17H27N3O4. The highest BCUT2D eigenvalue weighted by atomic mass is 16.5. The topological polar surface area (TPSA) is 93.9 Å². The lowest BCUT2D eigenvalue weighted by molar-refractivity contribution is -0.123. The Morgan fingerprint density at radius 3 is 2.46 bits per heavy atom. The summed E-state index contributed by atoms with van der Waals surface area (Å²) in [5, 5.41) is 2.74. The number of amides is 2. The van der Waals surface area contributed by atoms with Crippen LogP contribution in [-0.4, -0.2) is 56.1 Å². The Balaban J connectivity index is 2.85. The van der Waals surface area contributed by atoms with E-state index < -0.39 is 0 Å². The molecular weight excluding hydrogens is 310 g/mol. The average molecular weight is 337 g/mol. The van der Waals surface area contributed by atoms with Crippen LogP contribution in [0.1, 0.15) is 31.1 Å². The third kappa shape index (κ3) is 5.42. The van der Waals surface area contributed by atoms with Crippen molar-refractivity contribution >= 4 is 11.8 Å². The summed E-state index contributed by atoms with van der Waals surface area (Å²) < 4.78 is 10.7. The second-order valence-corrected chi connectivity index (χ2v) is 5.88. The molecule has 0 aliphatic heterocycles. The van der Waals surface area contributed by atoms with E-state index in [1.54, 1.807) is 30.1 Å². The molecule has 24 heavy (non-hydrogen) atoms. The van der Waals surface area contributed by atoms with Crippen molar-refractivity contribution in [1.29, 1.82) is 0 Å². The Bertz CT molecular complexity index is 575. The van der Waals surface area contributed by atoms with Gasteiger partial charge in [-0.3, -0.25) is 9.59 Å². The molecule has 0 spiro atoms. The van der Waals surface area contributed by atoms with Crippen molar-refractivity contribution in [3.8, 4) is 11.5 Å². The number of hydrogen-bond acceptors (Lipinski definition) is 5. The molecule has 0 aliphatic rings. The van der Waals surface area contributed by atoms with Crippen molar-refractivity contribution in [2.24, 2.45) is 5.73 Å². The van der Waals surface area contributed by atoms with Gasteiger partial charge in [0.2, 0.25) is 0 Å². The summed E-state index contributed by atoms with van der Waals surface area (Å²) in [5.41, 5.74) is 6.06. The van der Waals surface area contributed by atoms with Gasteiger partial charge in [-0.25, -0.2) is 0 Å². The number of likely N-dealkylation sites (N-methyl/N-ethyl adjacent to an activating group) is 1. The number of methoxy groups -OCH3 is 1. The lowest BCUT2D eigenvalue weighted by atomic mass is 10.1. The highest BCUT2D eigenvalue weighted by Gasteiger charge is 2.18. The normalized spacial score (nSPS) is 11.8. The number of nitrogens with two attached hydrogens (primary N) is 1. The van der Waals surface area contributed by atoms with Gasteiger partial charge in [0.1, 0.15) is 0 Å². The standard InChI is InChI=1S/C17H27N3O4/c1-11(2)19-16(21)10-24-14-7-6-13(8-15(14)23-5)17(22)20(4)12(3)9-18/h6-8,11-12H,9-10,18H2,1-5H3,(H,19,21).